The summed E-state index contributed by atoms with van der Waals surface area (Å²) in [6, 6.07) is 5.32. The van der Waals surface area contributed by atoms with E-state index in [4.69, 9.17) is 4.74 Å². The van der Waals surface area contributed by atoms with Gasteiger partial charge in [-0.3, -0.25) is 0 Å². The third-order valence-corrected chi connectivity index (χ3v) is 1.52. The van der Waals surface area contributed by atoms with Crippen LogP contribution in [0.2, 0.25) is 0 Å². The molecule has 0 N–H and O–H groups in total. The lowest BCUT2D eigenvalue weighted by atomic mass is 10.3. The molecule has 0 saturated carbocycles. The summed E-state index contributed by atoms with van der Waals surface area (Å²) in [4.78, 5) is 14.9. The molecular weight excluding hydrogens is 166 g/mol. The van der Waals surface area contributed by atoms with Crippen LogP contribution in [0.15, 0.2) is 30.9 Å². The Bertz CT molecular complexity index is 320. The van der Waals surface area contributed by atoms with Gasteiger partial charge in [0.2, 0.25) is 5.88 Å². The SMILES string of the molecule is C=CC(=O)Oc1cccc(CC)n1. The first-order valence-electron chi connectivity index (χ1n) is 4.06. The van der Waals surface area contributed by atoms with E-state index in [2.05, 4.69) is 11.6 Å². The number of nitrogens with zero attached hydrogens (tertiary/aromatic N) is 1. The van der Waals surface area contributed by atoms with Gasteiger partial charge in [0.1, 0.15) is 0 Å². The Balaban J connectivity index is 2.77. The Morgan fingerprint density at radius 2 is 2.46 bits per heavy atom. The van der Waals surface area contributed by atoms with E-state index in [1.165, 1.54) is 0 Å². The van der Waals surface area contributed by atoms with Crippen LogP contribution in [-0.4, -0.2) is 11.0 Å². The fourth-order valence-electron chi connectivity index (χ4n) is 0.856. The van der Waals surface area contributed by atoms with E-state index in [0.29, 0.717) is 5.88 Å². The first-order valence-corrected chi connectivity index (χ1v) is 4.06. The van der Waals surface area contributed by atoms with Gasteiger partial charge in [-0.1, -0.05) is 19.6 Å². The van der Waals surface area contributed by atoms with Crippen LogP contribution in [0, 0.1) is 0 Å². The fraction of sp³-hybridized carbons (Fsp3) is 0.200. The van der Waals surface area contributed by atoms with Crippen molar-refractivity contribution in [2.45, 2.75) is 13.3 Å². The summed E-state index contributed by atoms with van der Waals surface area (Å²) in [7, 11) is 0. The average Bonchev–Trinajstić information content (AvgIpc) is 2.18. The number of hydrogen-bond donors (Lipinski definition) is 0. The number of carbonyl (C=O) groups is 1. The van der Waals surface area contributed by atoms with Crippen LogP contribution in [0.25, 0.3) is 0 Å². The molecule has 0 aliphatic heterocycles. The van der Waals surface area contributed by atoms with Crippen LogP contribution >= 0.6 is 0 Å². The third-order valence-electron chi connectivity index (χ3n) is 1.52. The predicted molar refractivity (Wildman–Crippen MR) is 49.4 cm³/mol. The quantitative estimate of drug-likeness (QED) is 0.521. The molecule has 3 nitrogen and oxygen atoms in total. The molecule has 1 aromatic heterocycles. The second-order valence-electron chi connectivity index (χ2n) is 2.45. The molecule has 0 unspecified atom stereocenters. The Morgan fingerprint density at radius 3 is 3.08 bits per heavy atom. The number of ether oxygens (including phenoxy) is 1. The maximum absolute atomic E-state index is 10.8. The largest absolute Gasteiger partial charge is 0.404 e. The minimum Gasteiger partial charge on any atom is -0.404 e. The first kappa shape index (κ1) is 9.45. The highest BCUT2D eigenvalue weighted by Gasteiger charge is 2.00. The van der Waals surface area contributed by atoms with Gasteiger partial charge in [-0.2, -0.15) is 0 Å². The summed E-state index contributed by atoms with van der Waals surface area (Å²) >= 11 is 0. The van der Waals surface area contributed by atoms with Gasteiger partial charge >= 0.3 is 5.97 Å². The zero-order valence-electron chi connectivity index (χ0n) is 7.49. The van der Waals surface area contributed by atoms with Gasteiger partial charge in [-0.15, -0.1) is 0 Å². The van der Waals surface area contributed by atoms with Crippen molar-refractivity contribution in [2.75, 3.05) is 0 Å². The molecule has 0 amide bonds. The molecule has 1 heterocycles. The second kappa shape index (κ2) is 4.40. The lowest BCUT2D eigenvalue weighted by Crippen LogP contribution is -2.05. The van der Waals surface area contributed by atoms with Crippen molar-refractivity contribution in [1.29, 1.82) is 0 Å². The zero-order chi connectivity index (χ0) is 9.68. The summed E-state index contributed by atoms with van der Waals surface area (Å²) in [6.07, 6.45) is 1.93. The highest BCUT2D eigenvalue weighted by atomic mass is 16.5. The number of aromatic nitrogens is 1. The molecule has 13 heavy (non-hydrogen) atoms. The van der Waals surface area contributed by atoms with Crippen LogP contribution in [0.5, 0.6) is 5.88 Å². The number of rotatable bonds is 3. The molecule has 0 spiro atoms. The summed E-state index contributed by atoms with van der Waals surface area (Å²) in [6.45, 7) is 5.28. The van der Waals surface area contributed by atoms with Gasteiger partial charge in [0.15, 0.2) is 0 Å². The van der Waals surface area contributed by atoms with Crippen LogP contribution in [0.4, 0.5) is 0 Å². The van der Waals surface area contributed by atoms with Crippen molar-refractivity contribution in [2.24, 2.45) is 0 Å². The van der Waals surface area contributed by atoms with Gasteiger partial charge in [0.25, 0.3) is 0 Å². The van der Waals surface area contributed by atoms with E-state index < -0.39 is 5.97 Å². The van der Waals surface area contributed by atoms with E-state index in [9.17, 15) is 4.79 Å². The number of pyridine rings is 1. The second-order valence-corrected chi connectivity index (χ2v) is 2.45. The number of hydrogen-bond acceptors (Lipinski definition) is 3. The smallest absolute Gasteiger partial charge is 0.336 e. The van der Waals surface area contributed by atoms with Gasteiger partial charge < -0.3 is 4.74 Å². The number of aryl methyl sites for hydroxylation is 1. The van der Waals surface area contributed by atoms with E-state index >= 15 is 0 Å². The number of carbonyl (C=O) groups excluding carboxylic acids is 1. The molecule has 0 bridgehead atoms. The van der Waals surface area contributed by atoms with Crippen molar-refractivity contribution in [3.8, 4) is 5.88 Å². The molecule has 1 aromatic rings. The molecule has 0 aliphatic rings. The lowest BCUT2D eigenvalue weighted by Gasteiger charge is -2.01. The summed E-state index contributed by atoms with van der Waals surface area (Å²) < 4.78 is 4.84. The van der Waals surface area contributed by atoms with Gasteiger partial charge in [0.05, 0.1) is 0 Å². The Hall–Kier alpha value is -1.64. The molecule has 1 rings (SSSR count). The molecule has 3 heteroatoms. The predicted octanol–water partition coefficient (Wildman–Crippen LogP) is 1.74. The molecule has 0 radical (unpaired) electrons. The fourth-order valence-corrected chi connectivity index (χ4v) is 0.856. The topological polar surface area (TPSA) is 39.2 Å². The maximum Gasteiger partial charge on any atom is 0.336 e. The summed E-state index contributed by atoms with van der Waals surface area (Å²) in [5.74, 6) is -0.162. The van der Waals surface area contributed by atoms with E-state index in [1.54, 1.807) is 12.1 Å². The third kappa shape index (κ3) is 2.71. The zero-order valence-corrected chi connectivity index (χ0v) is 7.49. The Labute approximate surface area is 77.1 Å². The molecule has 0 saturated heterocycles. The van der Waals surface area contributed by atoms with Crippen LogP contribution in [-0.2, 0) is 11.2 Å². The van der Waals surface area contributed by atoms with Crippen molar-refractivity contribution >= 4 is 5.97 Å². The van der Waals surface area contributed by atoms with Gasteiger partial charge in [0, 0.05) is 17.8 Å². The van der Waals surface area contributed by atoms with Crippen molar-refractivity contribution in [3.63, 3.8) is 0 Å². The monoisotopic (exact) mass is 177 g/mol. The molecular formula is C10H11NO2. The minimum absolute atomic E-state index is 0.323. The standard InChI is InChI=1S/C10H11NO2/c1-3-8-6-5-7-9(11-8)13-10(12)4-2/h4-7H,2-3H2,1H3. The Kier molecular flexibility index (Phi) is 3.20. The molecule has 0 aromatic carbocycles. The van der Waals surface area contributed by atoms with Crippen molar-refractivity contribution in [1.82, 2.24) is 4.98 Å². The van der Waals surface area contributed by atoms with Crippen molar-refractivity contribution in [3.05, 3.63) is 36.5 Å². The summed E-state index contributed by atoms with van der Waals surface area (Å²) in [5.41, 5.74) is 0.898. The van der Waals surface area contributed by atoms with Crippen molar-refractivity contribution < 1.29 is 9.53 Å². The average molecular weight is 177 g/mol. The first-order chi connectivity index (χ1) is 6.26. The lowest BCUT2D eigenvalue weighted by molar-refractivity contribution is -0.129. The van der Waals surface area contributed by atoms with E-state index in [0.717, 1.165) is 18.2 Å². The minimum atomic E-state index is -0.485. The molecule has 0 fully saturated rings. The molecule has 68 valence electrons. The van der Waals surface area contributed by atoms with Crippen LogP contribution < -0.4 is 4.74 Å². The van der Waals surface area contributed by atoms with Crippen LogP contribution in [0.3, 0.4) is 0 Å². The number of esters is 1. The highest BCUT2D eigenvalue weighted by molar-refractivity contribution is 5.83. The summed E-state index contributed by atoms with van der Waals surface area (Å²) in [5, 5.41) is 0. The van der Waals surface area contributed by atoms with Crippen LogP contribution in [0.1, 0.15) is 12.6 Å². The highest BCUT2D eigenvalue weighted by Crippen LogP contribution is 2.07. The molecule has 0 aliphatic carbocycles. The van der Waals surface area contributed by atoms with Gasteiger partial charge in [-0.25, -0.2) is 9.78 Å². The Morgan fingerprint density at radius 1 is 1.69 bits per heavy atom. The molecule has 0 atom stereocenters. The van der Waals surface area contributed by atoms with E-state index in [-0.39, 0.29) is 0 Å². The van der Waals surface area contributed by atoms with Gasteiger partial charge in [-0.05, 0) is 12.5 Å². The normalized spacial score (nSPS) is 9.31. The van der Waals surface area contributed by atoms with E-state index in [1.807, 2.05) is 13.0 Å². The maximum atomic E-state index is 10.8.